The van der Waals surface area contributed by atoms with Gasteiger partial charge in [0.15, 0.2) is 0 Å². The van der Waals surface area contributed by atoms with Gasteiger partial charge in [-0.05, 0) is 35.7 Å². The quantitative estimate of drug-likeness (QED) is 0.863. The fourth-order valence-electron chi connectivity index (χ4n) is 1.91. The number of ether oxygens (including phenoxy) is 1. The average Bonchev–Trinajstić information content (AvgIpc) is 2.89. The normalized spacial score (nSPS) is 12.6. The number of hydrogen-bond donors (Lipinski definition) is 1. The molecular weight excluding hydrogens is 268 g/mol. The molecule has 0 amide bonds. The minimum absolute atomic E-state index is 0.00576. The Labute approximate surface area is 115 Å². The summed E-state index contributed by atoms with van der Waals surface area (Å²) in [7, 11) is 0. The molecule has 0 radical (unpaired) electrons. The van der Waals surface area contributed by atoms with Gasteiger partial charge in [0, 0.05) is 4.88 Å². The smallest absolute Gasteiger partial charge is 0.387 e. The zero-order valence-electron chi connectivity index (χ0n) is 10.5. The molecule has 2 nitrogen and oxygen atoms in total. The van der Waals surface area contributed by atoms with E-state index in [1.807, 2.05) is 30.5 Å². The van der Waals surface area contributed by atoms with Crippen molar-refractivity contribution in [2.45, 2.75) is 19.6 Å². The SMILES string of the molecule is CCNC(c1cccc(OC(F)F)c1)c1cccs1. The molecule has 102 valence electrons. The highest BCUT2D eigenvalue weighted by Gasteiger charge is 2.15. The lowest BCUT2D eigenvalue weighted by atomic mass is 10.1. The number of alkyl halides is 2. The molecule has 0 aliphatic heterocycles. The van der Waals surface area contributed by atoms with E-state index < -0.39 is 6.61 Å². The topological polar surface area (TPSA) is 21.3 Å². The molecule has 2 rings (SSSR count). The first kappa shape index (κ1) is 14.0. The van der Waals surface area contributed by atoms with Gasteiger partial charge in [0.1, 0.15) is 5.75 Å². The third-order valence-corrected chi connectivity index (χ3v) is 3.59. The fourth-order valence-corrected chi connectivity index (χ4v) is 2.74. The van der Waals surface area contributed by atoms with Crippen LogP contribution in [-0.4, -0.2) is 13.2 Å². The molecule has 5 heteroatoms. The van der Waals surface area contributed by atoms with E-state index in [0.29, 0.717) is 0 Å². The Morgan fingerprint density at radius 2 is 2.11 bits per heavy atom. The minimum atomic E-state index is -2.80. The molecule has 0 fully saturated rings. The number of hydrogen-bond acceptors (Lipinski definition) is 3. The third kappa shape index (κ3) is 3.75. The lowest BCUT2D eigenvalue weighted by Crippen LogP contribution is -2.21. The van der Waals surface area contributed by atoms with Crippen LogP contribution in [0.1, 0.15) is 23.4 Å². The molecule has 2 aromatic rings. The van der Waals surface area contributed by atoms with Gasteiger partial charge in [0.25, 0.3) is 0 Å². The Morgan fingerprint density at radius 3 is 2.74 bits per heavy atom. The second kappa shape index (κ2) is 6.63. The average molecular weight is 283 g/mol. The largest absolute Gasteiger partial charge is 0.435 e. The van der Waals surface area contributed by atoms with Crippen LogP contribution < -0.4 is 10.1 Å². The molecule has 0 bridgehead atoms. The van der Waals surface area contributed by atoms with Crippen LogP contribution in [0.5, 0.6) is 5.75 Å². The predicted octanol–water partition coefficient (Wildman–Crippen LogP) is 4.05. The first-order valence-corrected chi connectivity index (χ1v) is 6.90. The molecule has 0 saturated heterocycles. The van der Waals surface area contributed by atoms with Crippen LogP contribution in [0.3, 0.4) is 0 Å². The minimum Gasteiger partial charge on any atom is -0.435 e. The maximum atomic E-state index is 12.2. The summed E-state index contributed by atoms with van der Waals surface area (Å²) in [5.74, 6) is 0.187. The molecule has 0 aliphatic carbocycles. The summed E-state index contributed by atoms with van der Waals surface area (Å²) in [5, 5.41) is 5.35. The molecule has 1 aromatic heterocycles. The number of rotatable bonds is 6. The Bertz CT molecular complexity index is 502. The first-order chi connectivity index (χ1) is 9.20. The predicted molar refractivity (Wildman–Crippen MR) is 72.9 cm³/mol. The van der Waals surface area contributed by atoms with Gasteiger partial charge in [-0.25, -0.2) is 0 Å². The van der Waals surface area contributed by atoms with Gasteiger partial charge in [-0.1, -0.05) is 25.1 Å². The van der Waals surface area contributed by atoms with Gasteiger partial charge in [-0.2, -0.15) is 8.78 Å². The van der Waals surface area contributed by atoms with Crippen molar-refractivity contribution in [3.05, 3.63) is 52.2 Å². The van der Waals surface area contributed by atoms with E-state index in [0.717, 1.165) is 17.0 Å². The maximum absolute atomic E-state index is 12.2. The maximum Gasteiger partial charge on any atom is 0.387 e. The molecule has 0 aliphatic rings. The molecular formula is C14H15F2NOS. The van der Waals surface area contributed by atoms with Crippen LogP contribution in [0.15, 0.2) is 41.8 Å². The highest BCUT2D eigenvalue weighted by atomic mass is 32.1. The second-order valence-electron chi connectivity index (χ2n) is 3.96. The molecule has 0 saturated carbocycles. The van der Waals surface area contributed by atoms with Crippen molar-refractivity contribution in [1.29, 1.82) is 0 Å². The van der Waals surface area contributed by atoms with E-state index in [1.54, 1.807) is 23.5 Å². The van der Waals surface area contributed by atoms with Gasteiger partial charge < -0.3 is 10.1 Å². The Morgan fingerprint density at radius 1 is 1.26 bits per heavy atom. The third-order valence-electron chi connectivity index (χ3n) is 2.65. The molecule has 1 atom stereocenters. The summed E-state index contributed by atoms with van der Waals surface area (Å²) in [6.45, 7) is 0.0115. The van der Waals surface area contributed by atoms with Gasteiger partial charge in [0.05, 0.1) is 6.04 Å². The van der Waals surface area contributed by atoms with Crippen molar-refractivity contribution >= 4 is 11.3 Å². The van der Waals surface area contributed by atoms with Gasteiger partial charge in [0.2, 0.25) is 0 Å². The Kier molecular flexibility index (Phi) is 4.87. The van der Waals surface area contributed by atoms with Crippen LogP contribution in [0, 0.1) is 0 Å². The highest BCUT2D eigenvalue weighted by molar-refractivity contribution is 7.10. The van der Waals surface area contributed by atoms with E-state index in [9.17, 15) is 8.78 Å². The molecule has 1 N–H and O–H groups in total. The number of halogens is 2. The van der Waals surface area contributed by atoms with E-state index >= 15 is 0 Å². The lowest BCUT2D eigenvalue weighted by molar-refractivity contribution is -0.0498. The fraction of sp³-hybridized carbons (Fsp3) is 0.286. The van der Waals surface area contributed by atoms with Crippen molar-refractivity contribution in [2.75, 3.05) is 6.54 Å². The van der Waals surface area contributed by atoms with Crippen molar-refractivity contribution in [2.24, 2.45) is 0 Å². The number of thiophene rings is 1. The van der Waals surface area contributed by atoms with Crippen molar-refractivity contribution in [3.63, 3.8) is 0 Å². The van der Waals surface area contributed by atoms with E-state index in [2.05, 4.69) is 10.1 Å². The monoisotopic (exact) mass is 283 g/mol. The lowest BCUT2D eigenvalue weighted by Gasteiger charge is -2.17. The molecule has 1 aromatic carbocycles. The molecule has 1 heterocycles. The number of benzene rings is 1. The van der Waals surface area contributed by atoms with Gasteiger partial charge in [-0.15, -0.1) is 11.3 Å². The van der Waals surface area contributed by atoms with Crippen LogP contribution in [0.2, 0.25) is 0 Å². The summed E-state index contributed by atoms with van der Waals surface area (Å²) in [6, 6.07) is 10.8. The van der Waals surface area contributed by atoms with Crippen LogP contribution >= 0.6 is 11.3 Å². The first-order valence-electron chi connectivity index (χ1n) is 6.02. The van der Waals surface area contributed by atoms with Gasteiger partial charge in [-0.3, -0.25) is 0 Å². The van der Waals surface area contributed by atoms with Crippen molar-refractivity contribution < 1.29 is 13.5 Å². The van der Waals surface area contributed by atoms with Crippen molar-refractivity contribution in [1.82, 2.24) is 5.32 Å². The van der Waals surface area contributed by atoms with Crippen LogP contribution in [0.4, 0.5) is 8.78 Å². The van der Waals surface area contributed by atoms with Crippen molar-refractivity contribution in [3.8, 4) is 5.75 Å². The number of nitrogens with one attached hydrogen (secondary N) is 1. The van der Waals surface area contributed by atoms with Crippen LogP contribution in [0.25, 0.3) is 0 Å². The van der Waals surface area contributed by atoms with E-state index in [4.69, 9.17) is 0 Å². The highest BCUT2D eigenvalue weighted by Crippen LogP contribution is 2.28. The summed E-state index contributed by atoms with van der Waals surface area (Å²) in [5.41, 5.74) is 0.919. The zero-order chi connectivity index (χ0) is 13.7. The summed E-state index contributed by atoms with van der Waals surface area (Å²) >= 11 is 1.63. The van der Waals surface area contributed by atoms with E-state index in [-0.39, 0.29) is 11.8 Å². The van der Waals surface area contributed by atoms with E-state index in [1.165, 1.54) is 6.07 Å². The Hall–Kier alpha value is -1.46. The summed E-state index contributed by atoms with van der Waals surface area (Å²) in [4.78, 5) is 1.15. The Balaban J connectivity index is 2.26. The second-order valence-corrected chi connectivity index (χ2v) is 4.94. The zero-order valence-corrected chi connectivity index (χ0v) is 11.3. The molecule has 19 heavy (non-hydrogen) atoms. The standard InChI is InChI=1S/C14H15F2NOS/c1-2-17-13(12-7-4-8-19-12)10-5-3-6-11(9-10)18-14(15)16/h3-9,13-14,17H,2H2,1H3. The molecule has 1 unspecified atom stereocenters. The summed E-state index contributed by atoms with van der Waals surface area (Å²) in [6.07, 6.45) is 0. The van der Waals surface area contributed by atoms with Crippen LogP contribution in [-0.2, 0) is 0 Å². The summed E-state index contributed by atoms with van der Waals surface area (Å²) < 4.78 is 28.9. The molecule has 0 spiro atoms. The van der Waals surface area contributed by atoms with Gasteiger partial charge >= 0.3 is 6.61 Å².